The van der Waals surface area contributed by atoms with Crippen molar-refractivity contribution in [2.75, 3.05) is 11.5 Å². The number of ether oxygens (including phenoxy) is 1. The fraction of sp³-hybridized carbons (Fsp3) is 0.333. The number of benzene rings is 1. The van der Waals surface area contributed by atoms with Crippen molar-refractivity contribution in [2.45, 2.75) is 12.5 Å². The highest BCUT2D eigenvalue weighted by molar-refractivity contribution is 7.99. The van der Waals surface area contributed by atoms with E-state index in [1.165, 1.54) is 0 Å². The van der Waals surface area contributed by atoms with Crippen molar-refractivity contribution in [2.24, 2.45) is 7.05 Å². The minimum absolute atomic E-state index is 0.0472. The summed E-state index contributed by atoms with van der Waals surface area (Å²) in [4.78, 5) is 11.0. The molecule has 1 aliphatic rings. The van der Waals surface area contributed by atoms with Gasteiger partial charge in [0.15, 0.2) is 5.69 Å². The number of hydrogen-bond donors (Lipinski definition) is 1. The van der Waals surface area contributed by atoms with Gasteiger partial charge in [-0.25, -0.2) is 4.79 Å². The Morgan fingerprint density at radius 1 is 1.48 bits per heavy atom. The average molecular weight is 304 g/mol. The van der Waals surface area contributed by atoms with Crippen LogP contribution in [0.25, 0.3) is 11.3 Å². The summed E-state index contributed by atoms with van der Waals surface area (Å²) in [6, 6.07) is 9.29. The van der Waals surface area contributed by atoms with E-state index in [1.807, 2.05) is 36.0 Å². The molecule has 0 spiro atoms. The molecular formula is C15H16N2O3S. The van der Waals surface area contributed by atoms with Crippen molar-refractivity contribution >= 4 is 17.7 Å². The fourth-order valence-electron chi connectivity index (χ4n) is 2.37. The van der Waals surface area contributed by atoms with Gasteiger partial charge in [-0.1, -0.05) is 12.1 Å². The second kappa shape index (κ2) is 5.81. The maximum absolute atomic E-state index is 11.0. The first-order valence-corrected chi connectivity index (χ1v) is 7.91. The van der Waals surface area contributed by atoms with Crippen LogP contribution in [0.1, 0.15) is 16.9 Å². The predicted octanol–water partition coefficient (Wildman–Crippen LogP) is 2.67. The van der Waals surface area contributed by atoms with Gasteiger partial charge in [-0.2, -0.15) is 16.9 Å². The predicted molar refractivity (Wildman–Crippen MR) is 82.0 cm³/mol. The third kappa shape index (κ3) is 3.05. The highest BCUT2D eigenvalue weighted by Crippen LogP contribution is 2.27. The second-order valence-corrected chi connectivity index (χ2v) is 6.12. The van der Waals surface area contributed by atoms with E-state index in [1.54, 1.807) is 17.8 Å². The van der Waals surface area contributed by atoms with Gasteiger partial charge in [0.25, 0.3) is 0 Å². The highest BCUT2D eigenvalue weighted by Gasteiger charge is 2.18. The Balaban J connectivity index is 1.86. The lowest BCUT2D eigenvalue weighted by Gasteiger charge is -2.13. The molecule has 1 fully saturated rings. The van der Waals surface area contributed by atoms with E-state index < -0.39 is 5.97 Å². The van der Waals surface area contributed by atoms with Crippen LogP contribution in [0.4, 0.5) is 0 Å². The number of carboxylic acid groups (broad SMARTS) is 1. The first kappa shape index (κ1) is 14.0. The molecule has 3 rings (SSSR count). The zero-order valence-electron chi connectivity index (χ0n) is 11.7. The normalized spacial score (nSPS) is 17.9. The molecule has 21 heavy (non-hydrogen) atoms. The molecule has 0 radical (unpaired) electrons. The molecule has 1 atom stereocenters. The Morgan fingerprint density at radius 2 is 2.33 bits per heavy atom. The van der Waals surface area contributed by atoms with Gasteiger partial charge in [0.2, 0.25) is 0 Å². The van der Waals surface area contributed by atoms with Crippen molar-refractivity contribution in [1.29, 1.82) is 0 Å². The molecule has 2 heterocycles. The SMILES string of the molecule is Cn1nc(C(=O)O)cc1-c1cccc(OC2CCSC2)c1. The minimum Gasteiger partial charge on any atom is -0.490 e. The molecule has 1 saturated heterocycles. The Morgan fingerprint density at radius 3 is 3.00 bits per heavy atom. The lowest BCUT2D eigenvalue weighted by Crippen LogP contribution is -2.14. The van der Waals surface area contributed by atoms with E-state index >= 15 is 0 Å². The van der Waals surface area contributed by atoms with Gasteiger partial charge in [-0.05, 0) is 30.4 Å². The summed E-state index contributed by atoms with van der Waals surface area (Å²) in [5.74, 6) is 1.97. The monoisotopic (exact) mass is 304 g/mol. The lowest BCUT2D eigenvalue weighted by atomic mass is 10.1. The molecule has 1 aliphatic heterocycles. The topological polar surface area (TPSA) is 64.4 Å². The van der Waals surface area contributed by atoms with Crippen LogP contribution in [-0.4, -0.2) is 38.5 Å². The molecular weight excluding hydrogens is 288 g/mol. The molecule has 1 unspecified atom stereocenters. The molecule has 1 aromatic carbocycles. The summed E-state index contributed by atoms with van der Waals surface area (Å²) < 4.78 is 7.54. The van der Waals surface area contributed by atoms with Crippen LogP contribution in [0.2, 0.25) is 0 Å². The zero-order chi connectivity index (χ0) is 14.8. The number of hydrogen-bond acceptors (Lipinski definition) is 4. The van der Waals surface area contributed by atoms with Gasteiger partial charge in [0, 0.05) is 18.4 Å². The van der Waals surface area contributed by atoms with Crippen LogP contribution < -0.4 is 4.74 Å². The maximum atomic E-state index is 11.0. The van der Waals surface area contributed by atoms with Gasteiger partial charge >= 0.3 is 5.97 Å². The maximum Gasteiger partial charge on any atom is 0.356 e. The molecule has 0 amide bonds. The van der Waals surface area contributed by atoms with Crippen LogP contribution in [-0.2, 0) is 7.05 Å². The summed E-state index contributed by atoms with van der Waals surface area (Å²) in [7, 11) is 1.74. The number of carboxylic acids is 1. The van der Waals surface area contributed by atoms with Crippen LogP contribution in [0.5, 0.6) is 5.75 Å². The average Bonchev–Trinajstić information content (AvgIpc) is 3.08. The molecule has 0 aliphatic carbocycles. The van der Waals surface area contributed by atoms with Crippen LogP contribution in [0.15, 0.2) is 30.3 Å². The lowest BCUT2D eigenvalue weighted by molar-refractivity contribution is 0.0689. The summed E-state index contributed by atoms with van der Waals surface area (Å²) in [5.41, 5.74) is 1.71. The molecule has 1 aromatic heterocycles. The summed E-state index contributed by atoms with van der Waals surface area (Å²) >= 11 is 1.91. The van der Waals surface area contributed by atoms with Gasteiger partial charge in [-0.15, -0.1) is 0 Å². The van der Waals surface area contributed by atoms with Gasteiger partial charge in [0.1, 0.15) is 11.9 Å². The van der Waals surface area contributed by atoms with E-state index in [4.69, 9.17) is 9.84 Å². The number of aryl methyl sites for hydroxylation is 1. The van der Waals surface area contributed by atoms with Gasteiger partial charge in [-0.3, -0.25) is 4.68 Å². The number of thioether (sulfide) groups is 1. The van der Waals surface area contributed by atoms with Gasteiger partial charge in [0.05, 0.1) is 5.69 Å². The fourth-order valence-corrected chi connectivity index (χ4v) is 3.46. The Bertz CT molecular complexity index is 663. The second-order valence-electron chi connectivity index (χ2n) is 4.97. The number of aromatic nitrogens is 2. The number of carbonyl (C=O) groups is 1. The van der Waals surface area contributed by atoms with Gasteiger partial charge < -0.3 is 9.84 Å². The Kier molecular flexibility index (Phi) is 3.88. The molecule has 5 nitrogen and oxygen atoms in total. The summed E-state index contributed by atoms with van der Waals surface area (Å²) in [6.07, 6.45) is 1.34. The zero-order valence-corrected chi connectivity index (χ0v) is 12.5. The third-order valence-electron chi connectivity index (χ3n) is 3.42. The summed E-state index contributed by atoms with van der Waals surface area (Å²) in [6.45, 7) is 0. The molecule has 0 bridgehead atoms. The first-order chi connectivity index (χ1) is 10.1. The number of aromatic carboxylic acids is 1. The first-order valence-electron chi connectivity index (χ1n) is 6.75. The van der Waals surface area contributed by atoms with E-state index in [0.717, 1.165) is 34.9 Å². The van der Waals surface area contributed by atoms with Crippen molar-refractivity contribution in [3.8, 4) is 17.0 Å². The van der Waals surface area contributed by atoms with Crippen molar-refractivity contribution in [1.82, 2.24) is 9.78 Å². The van der Waals surface area contributed by atoms with Crippen LogP contribution >= 0.6 is 11.8 Å². The largest absolute Gasteiger partial charge is 0.490 e. The quantitative estimate of drug-likeness (QED) is 0.941. The van der Waals surface area contributed by atoms with E-state index in [0.29, 0.717) is 0 Å². The molecule has 0 saturated carbocycles. The van der Waals surface area contributed by atoms with E-state index in [-0.39, 0.29) is 11.8 Å². The standard InChI is InChI=1S/C15H16N2O3S/c1-17-14(8-13(16-17)15(18)19)10-3-2-4-11(7-10)20-12-5-6-21-9-12/h2-4,7-8,12H,5-6,9H2,1H3,(H,18,19). The molecule has 6 heteroatoms. The minimum atomic E-state index is -1.02. The van der Waals surface area contributed by atoms with Crippen molar-refractivity contribution in [3.05, 3.63) is 36.0 Å². The molecule has 110 valence electrons. The number of rotatable bonds is 4. The number of nitrogens with zero attached hydrogens (tertiary/aromatic N) is 2. The van der Waals surface area contributed by atoms with E-state index in [9.17, 15) is 4.79 Å². The smallest absolute Gasteiger partial charge is 0.356 e. The van der Waals surface area contributed by atoms with Crippen LogP contribution in [0, 0.1) is 0 Å². The Hall–Kier alpha value is -1.95. The van der Waals surface area contributed by atoms with Crippen LogP contribution in [0.3, 0.4) is 0 Å². The van der Waals surface area contributed by atoms with Crippen molar-refractivity contribution in [3.63, 3.8) is 0 Å². The van der Waals surface area contributed by atoms with E-state index in [2.05, 4.69) is 5.10 Å². The summed E-state index contributed by atoms with van der Waals surface area (Å²) in [5, 5.41) is 13.0. The van der Waals surface area contributed by atoms with Crippen molar-refractivity contribution < 1.29 is 14.6 Å². The third-order valence-corrected chi connectivity index (χ3v) is 4.55. The highest BCUT2D eigenvalue weighted by atomic mass is 32.2. The molecule has 1 N–H and O–H groups in total. The molecule has 2 aromatic rings. The Labute approximate surface area is 126 Å².